The third-order valence-electron chi connectivity index (χ3n) is 6.97. The number of aromatic nitrogens is 2. The number of carbonyl (C=O) groups is 4. The Labute approximate surface area is 240 Å². The van der Waals surface area contributed by atoms with Gasteiger partial charge in [-0.15, -0.1) is 0 Å². The maximum Gasteiger partial charge on any atom is 0.410 e. The first-order valence-electron chi connectivity index (χ1n) is 13.2. The van der Waals surface area contributed by atoms with Gasteiger partial charge in [0.2, 0.25) is 5.91 Å². The number of likely N-dealkylation sites (tertiary alicyclic amines) is 1. The molecule has 0 radical (unpaired) electrons. The number of benzene rings is 1. The summed E-state index contributed by atoms with van der Waals surface area (Å²) in [6, 6.07) is 3.92. The normalized spacial score (nSPS) is 16.6. The standard InChI is InChI=1S/C27H34BrFN6O5/c1-27(2,3)40-26(39)35-9-7-17(8-10-35)24(37)33-11-13-34(14-12-33)25(38)19-6-5-18(15-20(19)29)31-23(36)22-30-16-21(28)32(22)4/h5-6,15-17H,7-14H2,1-4H3,(H,31,36). The van der Waals surface area contributed by atoms with Gasteiger partial charge >= 0.3 is 6.09 Å². The van der Waals surface area contributed by atoms with Crippen molar-refractivity contribution >= 4 is 45.4 Å². The smallest absolute Gasteiger partial charge is 0.410 e. The Morgan fingerprint density at radius 2 is 1.62 bits per heavy atom. The summed E-state index contributed by atoms with van der Waals surface area (Å²) in [6.07, 6.45) is 2.24. The predicted molar refractivity (Wildman–Crippen MR) is 148 cm³/mol. The lowest BCUT2D eigenvalue weighted by Crippen LogP contribution is -2.53. The number of piperazine rings is 1. The van der Waals surface area contributed by atoms with Gasteiger partial charge in [-0.25, -0.2) is 14.2 Å². The second-order valence-electron chi connectivity index (χ2n) is 11.0. The van der Waals surface area contributed by atoms with E-state index >= 15 is 0 Å². The van der Waals surface area contributed by atoms with Crippen molar-refractivity contribution < 1.29 is 28.3 Å². The topological polar surface area (TPSA) is 117 Å². The Bertz CT molecular complexity index is 1290. The van der Waals surface area contributed by atoms with Crippen molar-refractivity contribution in [2.24, 2.45) is 13.0 Å². The van der Waals surface area contributed by atoms with Gasteiger partial charge in [-0.05, 0) is 67.7 Å². The fraction of sp³-hybridized carbons (Fsp3) is 0.519. The molecular weight excluding hydrogens is 587 g/mol. The number of carbonyl (C=O) groups excluding carboxylic acids is 4. The fourth-order valence-corrected chi connectivity index (χ4v) is 5.02. The molecule has 13 heteroatoms. The van der Waals surface area contributed by atoms with E-state index in [1.807, 2.05) is 20.8 Å². The largest absolute Gasteiger partial charge is 0.444 e. The number of hydrogen-bond acceptors (Lipinski definition) is 6. The molecular formula is C27H34BrFN6O5. The Morgan fingerprint density at radius 3 is 2.17 bits per heavy atom. The average molecular weight is 622 g/mol. The molecule has 0 spiro atoms. The van der Waals surface area contributed by atoms with Gasteiger partial charge < -0.3 is 29.3 Å². The minimum absolute atomic E-state index is 0.0157. The molecule has 0 aliphatic carbocycles. The van der Waals surface area contributed by atoms with Crippen LogP contribution in [0.25, 0.3) is 0 Å². The van der Waals surface area contributed by atoms with Crippen LogP contribution in [0.15, 0.2) is 29.0 Å². The molecule has 2 aromatic rings. The number of rotatable bonds is 4. The van der Waals surface area contributed by atoms with Crippen LogP contribution in [0.3, 0.4) is 0 Å². The first kappa shape index (κ1) is 29.5. The lowest BCUT2D eigenvalue weighted by molar-refractivity contribution is -0.138. The van der Waals surface area contributed by atoms with Crippen molar-refractivity contribution in [1.82, 2.24) is 24.3 Å². The van der Waals surface area contributed by atoms with Crippen molar-refractivity contribution in [3.63, 3.8) is 0 Å². The molecule has 1 aromatic carbocycles. The number of nitrogens with one attached hydrogen (secondary N) is 1. The second kappa shape index (κ2) is 11.9. The molecule has 1 N–H and O–H groups in total. The van der Waals surface area contributed by atoms with Crippen molar-refractivity contribution in [3.05, 3.63) is 46.2 Å². The van der Waals surface area contributed by atoms with Crippen LogP contribution in [0.5, 0.6) is 0 Å². The minimum atomic E-state index is -0.751. The van der Waals surface area contributed by atoms with E-state index in [0.717, 1.165) is 6.07 Å². The number of hydrogen-bond donors (Lipinski definition) is 1. The highest BCUT2D eigenvalue weighted by Gasteiger charge is 2.34. The monoisotopic (exact) mass is 620 g/mol. The summed E-state index contributed by atoms with van der Waals surface area (Å²) >= 11 is 3.27. The molecule has 4 rings (SSSR count). The third kappa shape index (κ3) is 6.80. The van der Waals surface area contributed by atoms with Gasteiger partial charge in [0.1, 0.15) is 16.0 Å². The number of imidazole rings is 1. The van der Waals surface area contributed by atoms with Crippen LogP contribution in [0.2, 0.25) is 0 Å². The number of ether oxygens (including phenoxy) is 1. The molecule has 0 saturated carbocycles. The van der Waals surface area contributed by atoms with Gasteiger partial charge in [0, 0.05) is 57.9 Å². The summed E-state index contributed by atoms with van der Waals surface area (Å²) in [6.45, 7) is 7.64. The number of halogens is 2. The molecule has 0 atom stereocenters. The fourth-order valence-electron chi connectivity index (χ4n) is 4.75. The first-order valence-corrected chi connectivity index (χ1v) is 14.0. The number of anilines is 1. The van der Waals surface area contributed by atoms with E-state index in [4.69, 9.17) is 4.74 Å². The first-order chi connectivity index (χ1) is 18.8. The Hall–Kier alpha value is -3.48. The molecule has 2 aliphatic rings. The molecule has 40 heavy (non-hydrogen) atoms. The van der Waals surface area contributed by atoms with Gasteiger partial charge in [-0.3, -0.25) is 14.4 Å². The van der Waals surface area contributed by atoms with Crippen molar-refractivity contribution in [1.29, 1.82) is 0 Å². The van der Waals surface area contributed by atoms with Gasteiger partial charge in [0.25, 0.3) is 11.8 Å². The Balaban J connectivity index is 1.27. The molecule has 216 valence electrons. The average Bonchev–Trinajstić information content (AvgIpc) is 3.25. The molecule has 0 bridgehead atoms. The second-order valence-corrected chi connectivity index (χ2v) is 11.8. The van der Waals surface area contributed by atoms with Crippen LogP contribution < -0.4 is 5.32 Å². The van der Waals surface area contributed by atoms with Gasteiger partial charge in [-0.2, -0.15) is 0 Å². The summed E-state index contributed by atoms with van der Waals surface area (Å²) in [5, 5.41) is 2.59. The SMILES string of the molecule is Cn1c(Br)cnc1C(=O)Nc1ccc(C(=O)N2CCN(C(=O)C3CCN(C(=O)OC(C)(C)C)CC3)CC2)c(F)c1. The third-order valence-corrected chi connectivity index (χ3v) is 7.70. The number of amides is 4. The molecule has 1 aromatic heterocycles. The number of piperidine rings is 1. The van der Waals surface area contributed by atoms with E-state index in [9.17, 15) is 23.6 Å². The Morgan fingerprint density at radius 1 is 1.00 bits per heavy atom. The molecule has 4 amide bonds. The van der Waals surface area contributed by atoms with E-state index < -0.39 is 23.2 Å². The van der Waals surface area contributed by atoms with Crippen LogP contribution in [0, 0.1) is 11.7 Å². The molecule has 0 unspecified atom stereocenters. The van der Waals surface area contributed by atoms with E-state index in [-0.39, 0.29) is 48.1 Å². The van der Waals surface area contributed by atoms with Crippen LogP contribution in [-0.4, -0.2) is 92.9 Å². The van der Waals surface area contributed by atoms with Crippen molar-refractivity contribution in [2.75, 3.05) is 44.6 Å². The van der Waals surface area contributed by atoms with Crippen molar-refractivity contribution in [3.8, 4) is 0 Å². The lowest BCUT2D eigenvalue weighted by Gasteiger charge is -2.38. The maximum absolute atomic E-state index is 14.9. The molecule has 2 aliphatic heterocycles. The van der Waals surface area contributed by atoms with Gasteiger partial charge in [0.05, 0.1) is 11.8 Å². The summed E-state index contributed by atoms with van der Waals surface area (Å²) in [4.78, 5) is 59.8. The zero-order valence-corrected chi connectivity index (χ0v) is 24.7. The van der Waals surface area contributed by atoms with Crippen LogP contribution in [-0.2, 0) is 16.6 Å². The zero-order chi connectivity index (χ0) is 29.2. The molecule has 3 heterocycles. The number of nitrogens with zero attached hydrogens (tertiary/aromatic N) is 5. The highest BCUT2D eigenvalue weighted by Crippen LogP contribution is 2.23. The highest BCUT2D eigenvalue weighted by atomic mass is 79.9. The zero-order valence-electron chi connectivity index (χ0n) is 23.1. The van der Waals surface area contributed by atoms with E-state index in [2.05, 4.69) is 26.2 Å². The van der Waals surface area contributed by atoms with E-state index in [1.54, 1.807) is 21.4 Å². The summed E-state index contributed by atoms with van der Waals surface area (Å²) in [7, 11) is 1.66. The van der Waals surface area contributed by atoms with Gasteiger partial charge in [0.15, 0.2) is 5.82 Å². The molecule has 11 nitrogen and oxygen atoms in total. The van der Waals surface area contributed by atoms with Gasteiger partial charge in [-0.1, -0.05) is 0 Å². The highest BCUT2D eigenvalue weighted by molar-refractivity contribution is 9.10. The van der Waals surface area contributed by atoms with Crippen LogP contribution >= 0.6 is 15.9 Å². The minimum Gasteiger partial charge on any atom is -0.444 e. The maximum atomic E-state index is 14.9. The summed E-state index contributed by atoms with van der Waals surface area (Å²) < 4.78 is 22.5. The Kier molecular flexibility index (Phi) is 8.81. The summed E-state index contributed by atoms with van der Waals surface area (Å²) in [5.41, 5.74) is -0.474. The molecule has 2 saturated heterocycles. The van der Waals surface area contributed by atoms with E-state index in [1.165, 1.54) is 23.2 Å². The van der Waals surface area contributed by atoms with Crippen LogP contribution in [0.4, 0.5) is 14.9 Å². The van der Waals surface area contributed by atoms with Crippen molar-refractivity contribution in [2.45, 2.75) is 39.2 Å². The lowest BCUT2D eigenvalue weighted by atomic mass is 9.95. The summed E-state index contributed by atoms with van der Waals surface area (Å²) in [5.74, 6) is -1.76. The molecule has 2 fully saturated rings. The van der Waals surface area contributed by atoms with Crippen LogP contribution in [0.1, 0.15) is 54.6 Å². The van der Waals surface area contributed by atoms with E-state index in [0.29, 0.717) is 43.6 Å². The predicted octanol–water partition coefficient (Wildman–Crippen LogP) is 3.51. The quantitative estimate of drug-likeness (QED) is 0.559.